The van der Waals surface area contributed by atoms with Crippen molar-refractivity contribution in [2.45, 2.75) is 25.3 Å². The van der Waals surface area contributed by atoms with Crippen LogP contribution in [0.25, 0.3) is 0 Å². The quantitative estimate of drug-likeness (QED) is 0.674. The second-order valence-electron chi connectivity index (χ2n) is 8.14. The van der Waals surface area contributed by atoms with Gasteiger partial charge in [0.15, 0.2) is 0 Å². The van der Waals surface area contributed by atoms with Crippen LogP contribution in [0.5, 0.6) is 5.75 Å². The van der Waals surface area contributed by atoms with E-state index in [-0.39, 0.29) is 11.9 Å². The molecule has 164 valence electrons. The van der Waals surface area contributed by atoms with Gasteiger partial charge in [-0.2, -0.15) is 0 Å². The summed E-state index contributed by atoms with van der Waals surface area (Å²) in [4.78, 5) is 39.8. The topological polar surface area (TPSA) is 90.9 Å². The Kier molecular flexibility index (Phi) is 6.03. The van der Waals surface area contributed by atoms with Gasteiger partial charge in [0.2, 0.25) is 5.95 Å². The predicted molar refractivity (Wildman–Crippen MR) is 116 cm³/mol. The van der Waals surface area contributed by atoms with Crippen LogP contribution in [0.1, 0.15) is 18.9 Å². The fourth-order valence-corrected chi connectivity index (χ4v) is 3.98. The van der Waals surface area contributed by atoms with Gasteiger partial charge < -0.3 is 15.0 Å². The number of rotatable bonds is 7. The Balaban J connectivity index is 1.31. The fraction of sp³-hybridized carbons (Fsp3) is 0.455. The first kappa shape index (κ1) is 21.0. The first-order chi connectivity index (χ1) is 15.0. The highest BCUT2D eigenvalue weighted by Gasteiger charge is 2.47. The van der Waals surface area contributed by atoms with Crippen molar-refractivity contribution in [3.63, 3.8) is 0 Å². The maximum atomic E-state index is 13.1. The first-order valence-electron chi connectivity index (χ1n) is 10.5. The molecule has 0 radical (unpaired) electrons. The first-order valence-corrected chi connectivity index (χ1v) is 10.5. The Morgan fingerprint density at radius 2 is 1.74 bits per heavy atom. The molecule has 1 atom stereocenters. The van der Waals surface area contributed by atoms with E-state index in [1.165, 1.54) is 4.90 Å². The molecule has 3 heterocycles. The number of piperazine rings is 1. The summed E-state index contributed by atoms with van der Waals surface area (Å²) in [6, 6.07) is 9.24. The number of aromatic nitrogens is 2. The van der Waals surface area contributed by atoms with E-state index in [4.69, 9.17) is 4.74 Å². The average Bonchev–Trinajstić information content (AvgIpc) is 3.02. The number of imide groups is 1. The van der Waals surface area contributed by atoms with E-state index >= 15 is 0 Å². The van der Waals surface area contributed by atoms with Crippen LogP contribution in [-0.2, 0) is 11.2 Å². The molecule has 2 aliphatic rings. The molecule has 2 saturated heterocycles. The highest BCUT2D eigenvalue weighted by Crippen LogP contribution is 2.24. The van der Waals surface area contributed by atoms with E-state index in [2.05, 4.69) is 25.1 Å². The van der Waals surface area contributed by atoms with Crippen molar-refractivity contribution in [2.24, 2.45) is 0 Å². The molecule has 0 bridgehead atoms. The standard InChI is InChI=1S/C22H28N6O3/c1-22(9-8-17-4-6-18(31-2)7-5-17)19(29)28(21(30)25-22)16-26-12-14-27(15-13-26)20-23-10-3-11-24-20/h3-7,10-11H,8-9,12-16H2,1-2H3,(H,25,30). The summed E-state index contributed by atoms with van der Waals surface area (Å²) < 4.78 is 5.18. The number of anilines is 1. The normalized spacial score (nSPS) is 22.0. The largest absolute Gasteiger partial charge is 0.497 e. The van der Waals surface area contributed by atoms with E-state index in [0.29, 0.717) is 25.5 Å². The van der Waals surface area contributed by atoms with Gasteiger partial charge in [0.25, 0.3) is 5.91 Å². The van der Waals surface area contributed by atoms with E-state index in [1.807, 2.05) is 24.3 Å². The minimum atomic E-state index is -0.892. The number of aryl methyl sites for hydroxylation is 1. The van der Waals surface area contributed by atoms with Crippen LogP contribution in [0.15, 0.2) is 42.7 Å². The third-order valence-corrected chi connectivity index (χ3v) is 5.97. The molecule has 2 aliphatic heterocycles. The van der Waals surface area contributed by atoms with Gasteiger partial charge in [-0.1, -0.05) is 12.1 Å². The van der Waals surface area contributed by atoms with Crippen LogP contribution < -0.4 is 15.0 Å². The van der Waals surface area contributed by atoms with Gasteiger partial charge in [-0.05, 0) is 43.5 Å². The van der Waals surface area contributed by atoms with Crippen LogP contribution in [0, 0.1) is 0 Å². The molecule has 2 fully saturated rings. The Labute approximate surface area is 182 Å². The van der Waals surface area contributed by atoms with Gasteiger partial charge in [-0.15, -0.1) is 0 Å². The fourth-order valence-electron chi connectivity index (χ4n) is 3.98. The monoisotopic (exact) mass is 424 g/mol. The lowest BCUT2D eigenvalue weighted by molar-refractivity contribution is -0.132. The maximum absolute atomic E-state index is 13.1. The maximum Gasteiger partial charge on any atom is 0.326 e. The van der Waals surface area contributed by atoms with E-state index in [9.17, 15) is 9.59 Å². The van der Waals surface area contributed by atoms with Crippen molar-refractivity contribution >= 4 is 17.9 Å². The minimum absolute atomic E-state index is 0.167. The summed E-state index contributed by atoms with van der Waals surface area (Å²) in [5, 5.41) is 2.90. The Morgan fingerprint density at radius 1 is 1.06 bits per heavy atom. The molecule has 1 unspecified atom stereocenters. The summed E-state index contributed by atoms with van der Waals surface area (Å²) in [7, 11) is 1.63. The van der Waals surface area contributed by atoms with Crippen LogP contribution in [0.4, 0.5) is 10.7 Å². The van der Waals surface area contributed by atoms with Crippen LogP contribution in [0.3, 0.4) is 0 Å². The molecule has 31 heavy (non-hydrogen) atoms. The molecule has 0 spiro atoms. The third-order valence-electron chi connectivity index (χ3n) is 5.97. The van der Waals surface area contributed by atoms with Crippen molar-refractivity contribution in [1.29, 1.82) is 0 Å². The molecular formula is C22H28N6O3. The summed E-state index contributed by atoms with van der Waals surface area (Å²) in [5.41, 5.74) is 0.207. The van der Waals surface area contributed by atoms with Gasteiger partial charge in [-0.25, -0.2) is 19.7 Å². The van der Waals surface area contributed by atoms with Gasteiger partial charge in [0.05, 0.1) is 13.8 Å². The van der Waals surface area contributed by atoms with Gasteiger partial charge in [0.1, 0.15) is 11.3 Å². The zero-order valence-electron chi connectivity index (χ0n) is 18.0. The van der Waals surface area contributed by atoms with E-state index in [0.717, 1.165) is 37.5 Å². The van der Waals surface area contributed by atoms with E-state index < -0.39 is 5.54 Å². The lowest BCUT2D eigenvalue weighted by Gasteiger charge is -2.36. The van der Waals surface area contributed by atoms with Gasteiger partial charge in [0, 0.05) is 38.6 Å². The minimum Gasteiger partial charge on any atom is -0.497 e. The summed E-state index contributed by atoms with van der Waals surface area (Å²) in [6.45, 7) is 5.08. The zero-order chi connectivity index (χ0) is 21.8. The number of amides is 3. The molecule has 1 aromatic heterocycles. The molecule has 9 heteroatoms. The lowest BCUT2D eigenvalue weighted by atomic mass is 9.93. The highest BCUT2D eigenvalue weighted by molar-refractivity contribution is 6.06. The summed E-state index contributed by atoms with van der Waals surface area (Å²) in [6.07, 6.45) is 4.69. The predicted octanol–water partition coefficient (Wildman–Crippen LogP) is 1.51. The summed E-state index contributed by atoms with van der Waals surface area (Å²) in [5.74, 6) is 1.34. The molecule has 3 amide bonds. The number of nitrogens with one attached hydrogen (secondary N) is 1. The second-order valence-corrected chi connectivity index (χ2v) is 8.14. The average molecular weight is 425 g/mol. The number of carbonyl (C=O) groups excluding carboxylic acids is 2. The SMILES string of the molecule is COc1ccc(CCC2(C)NC(=O)N(CN3CCN(c4ncccn4)CC3)C2=O)cc1. The number of benzene rings is 1. The van der Waals surface area contributed by atoms with Crippen molar-refractivity contribution < 1.29 is 14.3 Å². The number of hydrogen-bond donors (Lipinski definition) is 1. The van der Waals surface area contributed by atoms with Crippen molar-refractivity contribution in [3.05, 3.63) is 48.3 Å². The molecule has 0 aliphatic carbocycles. The van der Waals surface area contributed by atoms with E-state index in [1.54, 1.807) is 32.5 Å². The summed E-state index contributed by atoms with van der Waals surface area (Å²) >= 11 is 0. The van der Waals surface area contributed by atoms with Crippen LogP contribution in [-0.4, -0.2) is 77.2 Å². The molecule has 2 aromatic rings. The smallest absolute Gasteiger partial charge is 0.326 e. The third kappa shape index (κ3) is 4.61. The Hall–Kier alpha value is -3.20. The molecule has 4 rings (SSSR count). The lowest BCUT2D eigenvalue weighted by Crippen LogP contribution is -2.52. The number of ether oxygens (including phenoxy) is 1. The molecular weight excluding hydrogens is 396 g/mol. The van der Waals surface area contributed by atoms with Crippen LogP contribution >= 0.6 is 0 Å². The number of methoxy groups -OCH3 is 1. The van der Waals surface area contributed by atoms with Crippen molar-refractivity contribution in [1.82, 2.24) is 25.1 Å². The second kappa shape index (κ2) is 8.89. The molecule has 0 saturated carbocycles. The Morgan fingerprint density at radius 3 is 2.39 bits per heavy atom. The number of hydrogen-bond acceptors (Lipinski definition) is 7. The zero-order valence-corrected chi connectivity index (χ0v) is 18.0. The Bertz CT molecular complexity index is 915. The van der Waals surface area contributed by atoms with Gasteiger partial charge in [-0.3, -0.25) is 9.69 Å². The van der Waals surface area contributed by atoms with Crippen molar-refractivity contribution in [3.8, 4) is 5.75 Å². The molecule has 1 aromatic carbocycles. The molecule has 1 N–H and O–H groups in total. The number of carbonyl (C=O) groups is 2. The number of nitrogens with zero attached hydrogens (tertiary/aromatic N) is 5. The van der Waals surface area contributed by atoms with Crippen LogP contribution in [0.2, 0.25) is 0 Å². The van der Waals surface area contributed by atoms with Crippen molar-refractivity contribution in [2.75, 3.05) is 44.9 Å². The number of urea groups is 1. The van der Waals surface area contributed by atoms with Gasteiger partial charge >= 0.3 is 6.03 Å². The highest BCUT2D eigenvalue weighted by atomic mass is 16.5. The molecule has 9 nitrogen and oxygen atoms in total.